The van der Waals surface area contributed by atoms with Crippen LogP contribution in [0.2, 0.25) is 0 Å². The molecule has 0 spiro atoms. The molecule has 0 N–H and O–H groups in total. The molecule has 2 aromatic carbocycles. The molecule has 0 aromatic heterocycles. The Labute approximate surface area is 159 Å². The predicted molar refractivity (Wildman–Crippen MR) is 101 cm³/mol. The molecule has 1 saturated carbocycles. The van der Waals surface area contributed by atoms with E-state index in [4.69, 9.17) is 14.2 Å². The molecule has 3 rings (SSSR count). The van der Waals surface area contributed by atoms with E-state index in [1.165, 1.54) is 19.8 Å². The van der Waals surface area contributed by atoms with Crippen LogP contribution >= 0.6 is 0 Å². The largest absolute Gasteiger partial charge is 0.496 e. The van der Waals surface area contributed by atoms with Crippen molar-refractivity contribution in [3.05, 3.63) is 59.7 Å². The fourth-order valence-corrected chi connectivity index (χ4v) is 3.72. The highest BCUT2D eigenvalue weighted by Gasteiger charge is 2.33. The fraction of sp³-hybridized carbons (Fsp3) is 0.364. The molecule has 27 heavy (non-hydrogen) atoms. The summed E-state index contributed by atoms with van der Waals surface area (Å²) in [6.07, 6.45) is 3.93. The Balaban J connectivity index is 1.78. The van der Waals surface area contributed by atoms with Crippen molar-refractivity contribution in [2.24, 2.45) is 5.92 Å². The summed E-state index contributed by atoms with van der Waals surface area (Å²) < 4.78 is 15.6. The Bertz CT molecular complexity index is 800. The van der Waals surface area contributed by atoms with E-state index in [9.17, 15) is 9.59 Å². The van der Waals surface area contributed by atoms with Gasteiger partial charge in [0, 0.05) is 6.07 Å². The van der Waals surface area contributed by atoms with Gasteiger partial charge in [-0.25, -0.2) is 4.79 Å². The van der Waals surface area contributed by atoms with Crippen LogP contribution in [0.5, 0.6) is 11.5 Å². The highest BCUT2D eigenvalue weighted by molar-refractivity contribution is 5.92. The lowest BCUT2D eigenvalue weighted by molar-refractivity contribution is -0.140. The van der Waals surface area contributed by atoms with Gasteiger partial charge in [0.05, 0.1) is 20.1 Å². The van der Waals surface area contributed by atoms with Crippen LogP contribution in [0.1, 0.15) is 47.5 Å². The number of hydrogen-bond acceptors (Lipinski definition) is 5. The van der Waals surface area contributed by atoms with Crippen molar-refractivity contribution < 1.29 is 23.8 Å². The Morgan fingerprint density at radius 1 is 0.963 bits per heavy atom. The number of carbonyl (C=O) groups excluding carboxylic acids is 2. The van der Waals surface area contributed by atoms with Crippen LogP contribution in [0.3, 0.4) is 0 Å². The van der Waals surface area contributed by atoms with Crippen molar-refractivity contribution in [3.63, 3.8) is 0 Å². The first-order valence-corrected chi connectivity index (χ1v) is 9.17. The SMILES string of the molecule is COC(=O)c1ccc(OC(=O)[C@@H]2CCCC[C@@H]2c2ccccc2)cc1OC. The van der Waals surface area contributed by atoms with E-state index in [-0.39, 0.29) is 17.8 Å². The minimum atomic E-state index is -0.499. The van der Waals surface area contributed by atoms with Crippen molar-refractivity contribution in [1.29, 1.82) is 0 Å². The zero-order chi connectivity index (χ0) is 19.2. The van der Waals surface area contributed by atoms with Crippen LogP contribution in [0.25, 0.3) is 0 Å². The maximum Gasteiger partial charge on any atom is 0.341 e. The molecule has 0 unspecified atom stereocenters. The second kappa shape index (κ2) is 8.71. The van der Waals surface area contributed by atoms with E-state index < -0.39 is 5.97 Å². The molecule has 5 heteroatoms. The average molecular weight is 368 g/mol. The van der Waals surface area contributed by atoms with E-state index in [0.29, 0.717) is 17.1 Å². The van der Waals surface area contributed by atoms with Gasteiger partial charge in [-0.15, -0.1) is 0 Å². The van der Waals surface area contributed by atoms with E-state index in [2.05, 4.69) is 12.1 Å². The Kier molecular flexibility index (Phi) is 6.12. The summed E-state index contributed by atoms with van der Waals surface area (Å²) in [4.78, 5) is 24.6. The zero-order valence-corrected chi connectivity index (χ0v) is 15.6. The molecule has 5 nitrogen and oxygen atoms in total. The molecular formula is C22H24O5. The normalized spacial score (nSPS) is 19.2. The third-order valence-corrected chi connectivity index (χ3v) is 5.09. The number of ether oxygens (including phenoxy) is 3. The molecule has 142 valence electrons. The first kappa shape index (κ1) is 19.0. The summed E-state index contributed by atoms with van der Waals surface area (Å²) in [5.74, 6) is -0.0639. The minimum Gasteiger partial charge on any atom is -0.496 e. The van der Waals surface area contributed by atoms with Gasteiger partial charge in [-0.3, -0.25) is 4.79 Å². The summed E-state index contributed by atoms with van der Waals surface area (Å²) in [5.41, 5.74) is 1.47. The van der Waals surface area contributed by atoms with Crippen LogP contribution < -0.4 is 9.47 Å². The number of rotatable bonds is 5. The Morgan fingerprint density at radius 2 is 1.70 bits per heavy atom. The summed E-state index contributed by atoms with van der Waals surface area (Å²) in [6.45, 7) is 0. The number of esters is 2. The molecule has 1 aliphatic rings. The van der Waals surface area contributed by atoms with Gasteiger partial charge in [0.25, 0.3) is 0 Å². The smallest absolute Gasteiger partial charge is 0.341 e. The van der Waals surface area contributed by atoms with Crippen LogP contribution in [0.4, 0.5) is 0 Å². The van der Waals surface area contributed by atoms with Gasteiger partial charge in [-0.1, -0.05) is 43.2 Å². The lowest BCUT2D eigenvalue weighted by Crippen LogP contribution is -2.29. The lowest BCUT2D eigenvalue weighted by atomic mass is 9.75. The third-order valence-electron chi connectivity index (χ3n) is 5.09. The first-order chi connectivity index (χ1) is 13.1. The monoisotopic (exact) mass is 368 g/mol. The van der Waals surface area contributed by atoms with Gasteiger partial charge < -0.3 is 14.2 Å². The molecule has 0 heterocycles. The second-order valence-electron chi connectivity index (χ2n) is 6.68. The number of benzene rings is 2. The quantitative estimate of drug-likeness (QED) is 0.580. The molecular weight excluding hydrogens is 344 g/mol. The van der Waals surface area contributed by atoms with Gasteiger partial charge in [0.1, 0.15) is 17.1 Å². The summed E-state index contributed by atoms with van der Waals surface area (Å²) in [5, 5.41) is 0. The second-order valence-corrected chi connectivity index (χ2v) is 6.68. The van der Waals surface area contributed by atoms with Crippen molar-refractivity contribution >= 4 is 11.9 Å². The highest BCUT2D eigenvalue weighted by Crippen LogP contribution is 2.39. The Hall–Kier alpha value is -2.82. The van der Waals surface area contributed by atoms with Crippen molar-refractivity contribution in [2.45, 2.75) is 31.6 Å². The zero-order valence-electron chi connectivity index (χ0n) is 15.6. The van der Waals surface area contributed by atoms with Crippen LogP contribution in [0, 0.1) is 5.92 Å². The van der Waals surface area contributed by atoms with Gasteiger partial charge in [-0.05, 0) is 36.5 Å². The van der Waals surface area contributed by atoms with E-state index in [0.717, 1.165) is 25.7 Å². The molecule has 2 atom stereocenters. The standard InChI is InChI=1S/C22H24O5/c1-25-20-14-16(12-13-19(20)21(23)26-2)27-22(24)18-11-7-6-10-17(18)15-8-4-3-5-9-15/h3-5,8-9,12-14,17-18H,6-7,10-11H2,1-2H3/t17-,18-/m1/s1. The molecule has 1 aliphatic carbocycles. The molecule has 0 amide bonds. The first-order valence-electron chi connectivity index (χ1n) is 9.17. The molecule has 0 radical (unpaired) electrons. The topological polar surface area (TPSA) is 61.8 Å². The van der Waals surface area contributed by atoms with Gasteiger partial charge in [-0.2, -0.15) is 0 Å². The van der Waals surface area contributed by atoms with E-state index in [1.807, 2.05) is 18.2 Å². The summed E-state index contributed by atoms with van der Waals surface area (Å²) >= 11 is 0. The lowest BCUT2D eigenvalue weighted by Gasteiger charge is -2.30. The number of methoxy groups -OCH3 is 2. The maximum absolute atomic E-state index is 12.9. The minimum absolute atomic E-state index is 0.170. The van der Waals surface area contributed by atoms with E-state index >= 15 is 0 Å². The van der Waals surface area contributed by atoms with Crippen molar-refractivity contribution in [3.8, 4) is 11.5 Å². The molecule has 1 fully saturated rings. The van der Waals surface area contributed by atoms with Crippen LogP contribution in [-0.2, 0) is 9.53 Å². The summed E-state index contributed by atoms with van der Waals surface area (Å²) in [6, 6.07) is 14.8. The summed E-state index contributed by atoms with van der Waals surface area (Å²) in [7, 11) is 2.77. The average Bonchev–Trinajstić information content (AvgIpc) is 2.73. The molecule has 0 aliphatic heterocycles. The fourth-order valence-electron chi connectivity index (χ4n) is 3.72. The van der Waals surface area contributed by atoms with Gasteiger partial charge in [0.2, 0.25) is 0 Å². The third kappa shape index (κ3) is 4.30. The van der Waals surface area contributed by atoms with Gasteiger partial charge >= 0.3 is 11.9 Å². The predicted octanol–water partition coefficient (Wildman–Crippen LogP) is 4.36. The maximum atomic E-state index is 12.9. The van der Waals surface area contributed by atoms with Crippen molar-refractivity contribution in [1.82, 2.24) is 0 Å². The molecule has 2 aromatic rings. The van der Waals surface area contributed by atoms with Crippen LogP contribution in [-0.4, -0.2) is 26.2 Å². The van der Waals surface area contributed by atoms with Crippen LogP contribution in [0.15, 0.2) is 48.5 Å². The molecule has 0 bridgehead atoms. The number of hydrogen-bond donors (Lipinski definition) is 0. The highest BCUT2D eigenvalue weighted by atomic mass is 16.5. The number of carbonyl (C=O) groups is 2. The van der Waals surface area contributed by atoms with Gasteiger partial charge in [0.15, 0.2) is 0 Å². The Morgan fingerprint density at radius 3 is 2.41 bits per heavy atom. The van der Waals surface area contributed by atoms with E-state index in [1.54, 1.807) is 18.2 Å². The molecule has 0 saturated heterocycles. The van der Waals surface area contributed by atoms with Crippen molar-refractivity contribution in [2.75, 3.05) is 14.2 Å².